The number of hydrogen-bond acceptors (Lipinski definition) is 4. The van der Waals surface area contributed by atoms with Crippen LogP contribution < -0.4 is 15.6 Å². The Bertz CT molecular complexity index is 581. The van der Waals surface area contributed by atoms with Crippen LogP contribution in [0.2, 0.25) is 0 Å². The molecule has 1 aromatic carbocycles. The van der Waals surface area contributed by atoms with Crippen LogP contribution in [0.1, 0.15) is 31.7 Å². The molecular weight excluding hydrogens is 300 g/mol. The number of hydrazine groups is 1. The van der Waals surface area contributed by atoms with Crippen molar-refractivity contribution in [2.75, 3.05) is 6.61 Å². The summed E-state index contributed by atoms with van der Waals surface area (Å²) in [6.45, 7) is 3.97. The lowest BCUT2D eigenvalue weighted by molar-refractivity contribution is -0.131. The summed E-state index contributed by atoms with van der Waals surface area (Å²) in [7, 11) is 0. The van der Waals surface area contributed by atoms with E-state index in [1.54, 1.807) is 12.1 Å². The topological polar surface area (TPSA) is 105 Å². The zero-order valence-corrected chi connectivity index (χ0v) is 13.0. The van der Waals surface area contributed by atoms with E-state index < -0.39 is 17.8 Å². The number of carboxylic acid groups (broad SMARTS) is 1. The SMILES string of the molecule is CCC(C)c1ccc(OCC(=O)NNC(=O)C=CC(=O)O)cc1. The molecule has 0 aliphatic heterocycles. The fourth-order valence-corrected chi connectivity index (χ4v) is 1.63. The van der Waals surface area contributed by atoms with Gasteiger partial charge < -0.3 is 9.84 Å². The van der Waals surface area contributed by atoms with E-state index in [1.807, 2.05) is 17.6 Å². The molecule has 0 radical (unpaired) electrons. The molecule has 1 unspecified atom stereocenters. The van der Waals surface area contributed by atoms with Crippen LogP contribution in [0.4, 0.5) is 0 Å². The number of hydrogen-bond donors (Lipinski definition) is 3. The van der Waals surface area contributed by atoms with Crippen LogP contribution in [0.25, 0.3) is 0 Å². The highest BCUT2D eigenvalue weighted by Crippen LogP contribution is 2.21. The van der Waals surface area contributed by atoms with E-state index in [1.165, 1.54) is 5.56 Å². The van der Waals surface area contributed by atoms with Gasteiger partial charge in [-0.3, -0.25) is 20.4 Å². The Balaban J connectivity index is 2.36. The van der Waals surface area contributed by atoms with Gasteiger partial charge in [0, 0.05) is 12.2 Å². The van der Waals surface area contributed by atoms with Gasteiger partial charge in [-0.2, -0.15) is 0 Å². The molecule has 0 saturated carbocycles. The molecule has 1 rings (SSSR count). The molecule has 2 amide bonds. The molecule has 0 fully saturated rings. The molecule has 0 bridgehead atoms. The van der Waals surface area contributed by atoms with Gasteiger partial charge in [0.1, 0.15) is 5.75 Å². The molecule has 0 aromatic heterocycles. The van der Waals surface area contributed by atoms with Crippen molar-refractivity contribution in [3.8, 4) is 5.75 Å². The number of aliphatic carboxylic acids is 1. The lowest BCUT2D eigenvalue weighted by atomic mass is 9.99. The Morgan fingerprint density at radius 3 is 2.39 bits per heavy atom. The minimum Gasteiger partial charge on any atom is -0.484 e. The first-order valence-corrected chi connectivity index (χ1v) is 7.15. The molecule has 7 heteroatoms. The van der Waals surface area contributed by atoms with Crippen LogP contribution in [-0.4, -0.2) is 29.5 Å². The average molecular weight is 320 g/mol. The third kappa shape index (κ3) is 7.12. The second-order valence-electron chi connectivity index (χ2n) is 4.88. The zero-order valence-electron chi connectivity index (χ0n) is 13.0. The molecule has 7 nitrogen and oxygen atoms in total. The molecule has 0 aliphatic carbocycles. The van der Waals surface area contributed by atoms with E-state index in [9.17, 15) is 14.4 Å². The lowest BCUT2D eigenvalue weighted by Crippen LogP contribution is -2.43. The summed E-state index contributed by atoms with van der Waals surface area (Å²) >= 11 is 0. The summed E-state index contributed by atoms with van der Waals surface area (Å²) in [5, 5.41) is 8.35. The molecular formula is C16H20N2O5. The minimum absolute atomic E-state index is 0.272. The van der Waals surface area contributed by atoms with E-state index in [0.717, 1.165) is 12.5 Å². The van der Waals surface area contributed by atoms with E-state index >= 15 is 0 Å². The molecule has 0 saturated heterocycles. The highest BCUT2D eigenvalue weighted by molar-refractivity contribution is 5.94. The average Bonchev–Trinajstić information content (AvgIpc) is 2.55. The zero-order chi connectivity index (χ0) is 17.2. The van der Waals surface area contributed by atoms with Crippen molar-refractivity contribution in [3.05, 3.63) is 42.0 Å². The highest BCUT2D eigenvalue weighted by Gasteiger charge is 2.06. The van der Waals surface area contributed by atoms with Gasteiger partial charge in [-0.25, -0.2) is 4.79 Å². The number of benzene rings is 1. The Morgan fingerprint density at radius 2 is 1.83 bits per heavy atom. The van der Waals surface area contributed by atoms with Crippen molar-refractivity contribution in [1.82, 2.24) is 10.9 Å². The summed E-state index contributed by atoms with van der Waals surface area (Å²) < 4.78 is 5.29. The maximum Gasteiger partial charge on any atom is 0.328 e. The number of carboxylic acids is 1. The van der Waals surface area contributed by atoms with E-state index in [-0.39, 0.29) is 6.61 Å². The van der Waals surface area contributed by atoms with Crippen LogP contribution in [0.3, 0.4) is 0 Å². The van der Waals surface area contributed by atoms with Crippen molar-refractivity contribution < 1.29 is 24.2 Å². The maximum atomic E-state index is 11.5. The summed E-state index contributed by atoms with van der Waals surface area (Å²) in [4.78, 5) is 32.8. The quantitative estimate of drug-likeness (QED) is 0.520. The van der Waals surface area contributed by atoms with Gasteiger partial charge in [-0.05, 0) is 30.0 Å². The van der Waals surface area contributed by atoms with Gasteiger partial charge in [0.25, 0.3) is 11.8 Å². The van der Waals surface area contributed by atoms with E-state index in [4.69, 9.17) is 9.84 Å². The first kappa shape index (κ1) is 18.2. The van der Waals surface area contributed by atoms with Crippen molar-refractivity contribution >= 4 is 17.8 Å². The van der Waals surface area contributed by atoms with Crippen LogP contribution in [0.5, 0.6) is 5.75 Å². The van der Waals surface area contributed by atoms with Gasteiger partial charge in [0.05, 0.1) is 0 Å². The Labute approximate surface area is 134 Å². The minimum atomic E-state index is -1.25. The summed E-state index contributed by atoms with van der Waals surface area (Å²) in [6, 6.07) is 7.45. The van der Waals surface area contributed by atoms with Crippen LogP contribution in [-0.2, 0) is 14.4 Å². The van der Waals surface area contributed by atoms with E-state index in [0.29, 0.717) is 17.7 Å². The third-order valence-corrected chi connectivity index (χ3v) is 3.13. The van der Waals surface area contributed by atoms with Crippen LogP contribution in [0.15, 0.2) is 36.4 Å². The Morgan fingerprint density at radius 1 is 1.17 bits per heavy atom. The fourth-order valence-electron chi connectivity index (χ4n) is 1.63. The summed E-state index contributed by atoms with van der Waals surface area (Å²) in [5.74, 6) is -1.56. The number of amides is 2. The molecule has 3 N–H and O–H groups in total. The number of carbonyl (C=O) groups excluding carboxylic acids is 2. The van der Waals surface area contributed by atoms with Gasteiger partial charge in [0.2, 0.25) is 0 Å². The van der Waals surface area contributed by atoms with Crippen LogP contribution >= 0.6 is 0 Å². The molecule has 124 valence electrons. The normalized spacial score (nSPS) is 11.7. The summed E-state index contributed by atoms with van der Waals surface area (Å²) in [6.07, 6.45) is 2.49. The second-order valence-corrected chi connectivity index (χ2v) is 4.88. The van der Waals surface area contributed by atoms with Crippen LogP contribution in [0, 0.1) is 0 Å². The number of ether oxygens (including phenoxy) is 1. The predicted octanol–water partition coefficient (Wildman–Crippen LogP) is 1.37. The Kier molecular flexibility index (Phi) is 7.32. The lowest BCUT2D eigenvalue weighted by Gasteiger charge is -2.11. The number of rotatable bonds is 7. The van der Waals surface area contributed by atoms with Crippen molar-refractivity contribution in [1.29, 1.82) is 0 Å². The third-order valence-electron chi connectivity index (χ3n) is 3.13. The van der Waals surface area contributed by atoms with Gasteiger partial charge in [-0.15, -0.1) is 0 Å². The standard InChI is InChI=1S/C16H20N2O5/c1-3-11(2)12-4-6-13(7-5-12)23-10-15(20)18-17-14(19)8-9-16(21)22/h4-9,11H,3,10H2,1-2H3,(H,17,19)(H,18,20)(H,21,22). The van der Waals surface area contributed by atoms with E-state index in [2.05, 4.69) is 19.3 Å². The Hall–Kier alpha value is -2.83. The smallest absolute Gasteiger partial charge is 0.328 e. The maximum absolute atomic E-state index is 11.5. The van der Waals surface area contributed by atoms with Crippen molar-refractivity contribution in [3.63, 3.8) is 0 Å². The molecule has 23 heavy (non-hydrogen) atoms. The first-order chi connectivity index (χ1) is 10.9. The number of carbonyl (C=O) groups is 3. The molecule has 0 aliphatic rings. The predicted molar refractivity (Wildman–Crippen MR) is 83.7 cm³/mol. The van der Waals surface area contributed by atoms with Crippen molar-refractivity contribution in [2.45, 2.75) is 26.2 Å². The second kappa shape index (κ2) is 9.24. The van der Waals surface area contributed by atoms with Gasteiger partial charge in [0.15, 0.2) is 6.61 Å². The molecule has 1 atom stereocenters. The summed E-state index contributed by atoms with van der Waals surface area (Å²) in [5.41, 5.74) is 5.34. The largest absolute Gasteiger partial charge is 0.484 e. The molecule has 1 aromatic rings. The fraction of sp³-hybridized carbons (Fsp3) is 0.312. The van der Waals surface area contributed by atoms with Crippen molar-refractivity contribution in [2.24, 2.45) is 0 Å². The van der Waals surface area contributed by atoms with Gasteiger partial charge in [-0.1, -0.05) is 26.0 Å². The molecule has 0 heterocycles. The highest BCUT2D eigenvalue weighted by atomic mass is 16.5. The van der Waals surface area contributed by atoms with Gasteiger partial charge >= 0.3 is 5.97 Å². The molecule has 0 spiro atoms. The number of nitrogens with one attached hydrogen (secondary N) is 2. The first-order valence-electron chi connectivity index (χ1n) is 7.15. The monoisotopic (exact) mass is 320 g/mol.